The van der Waals surface area contributed by atoms with Crippen LogP contribution in [-0.2, 0) is 9.59 Å². The number of likely N-dealkylation sites (tertiary alicyclic amines) is 2. The van der Waals surface area contributed by atoms with Gasteiger partial charge >= 0.3 is 24.3 Å². The Kier molecular flexibility index (Phi) is 13.2. The summed E-state index contributed by atoms with van der Waals surface area (Å²) in [4.78, 5) is 23.0. The minimum atomic E-state index is -5.08. The molecule has 2 aliphatic heterocycles. The van der Waals surface area contributed by atoms with E-state index >= 15 is 0 Å². The summed E-state index contributed by atoms with van der Waals surface area (Å²) < 4.78 is 63.5. The maximum atomic E-state index is 10.6. The predicted molar refractivity (Wildman–Crippen MR) is 119 cm³/mol. The summed E-state index contributed by atoms with van der Waals surface area (Å²) in [6.07, 6.45) is -4.37. The van der Waals surface area contributed by atoms with Crippen molar-refractivity contribution in [3.63, 3.8) is 0 Å². The third kappa shape index (κ3) is 13.1. The second-order valence-corrected chi connectivity index (χ2v) is 8.56. The number of carbonyl (C=O) groups is 2. The molecule has 7 nitrogen and oxygen atoms in total. The molecule has 0 aromatic heterocycles. The average Bonchev–Trinajstić information content (AvgIpc) is 3.05. The first-order chi connectivity index (χ1) is 16.7. The second kappa shape index (κ2) is 15.0. The van der Waals surface area contributed by atoms with Crippen molar-refractivity contribution in [1.82, 2.24) is 9.80 Å². The molecule has 1 aromatic carbocycles. The molecule has 1 atom stereocenters. The zero-order chi connectivity index (χ0) is 27.4. The van der Waals surface area contributed by atoms with Crippen LogP contribution in [-0.4, -0.2) is 94.8 Å². The van der Waals surface area contributed by atoms with E-state index in [-0.39, 0.29) is 6.10 Å². The Bertz CT molecular complexity index is 759. The van der Waals surface area contributed by atoms with Crippen molar-refractivity contribution in [1.29, 1.82) is 0 Å². The number of carboxylic acid groups (broad SMARTS) is 2. The van der Waals surface area contributed by atoms with E-state index in [0.717, 1.165) is 31.8 Å². The Labute approximate surface area is 205 Å². The van der Waals surface area contributed by atoms with Crippen LogP contribution in [0.2, 0.25) is 0 Å². The fraction of sp³-hybridized carbons (Fsp3) is 0.652. The molecule has 3 N–H and O–H groups in total. The van der Waals surface area contributed by atoms with Crippen LogP contribution >= 0.6 is 0 Å². The highest BCUT2D eigenvalue weighted by atomic mass is 19.4. The summed E-state index contributed by atoms with van der Waals surface area (Å²) in [5.74, 6) is -4.77. The van der Waals surface area contributed by atoms with Gasteiger partial charge in [0.1, 0.15) is 0 Å². The van der Waals surface area contributed by atoms with Gasteiger partial charge in [-0.25, -0.2) is 9.59 Å². The summed E-state index contributed by atoms with van der Waals surface area (Å²) in [6, 6.07) is 11.0. The molecule has 2 saturated heterocycles. The zero-order valence-corrected chi connectivity index (χ0v) is 19.6. The largest absolute Gasteiger partial charge is 0.490 e. The molecule has 0 bridgehead atoms. The normalized spacial score (nSPS) is 20.2. The molecule has 0 spiro atoms. The van der Waals surface area contributed by atoms with Crippen molar-refractivity contribution in [3.05, 3.63) is 35.9 Å². The topological polar surface area (TPSA) is 101 Å². The fourth-order valence-electron chi connectivity index (χ4n) is 3.86. The van der Waals surface area contributed by atoms with E-state index in [0.29, 0.717) is 0 Å². The number of nitrogens with zero attached hydrogens (tertiary/aromatic N) is 2. The van der Waals surface area contributed by atoms with Crippen LogP contribution in [0.1, 0.15) is 43.6 Å². The monoisotopic (exact) mass is 530 g/mol. The molecule has 2 aliphatic rings. The van der Waals surface area contributed by atoms with Gasteiger partial charge in [-0.3, -0.25) is 0 Å². The molecule has 1 unspecified atom stereocenters. The molecule has 0 aliphatic carbocycles. The number of aliphatic carboxylic acids is 2. The van der Waals surface area contributed by atoms with Crippen molar-refractivity contribution in [2.75, 3.05) is 39.3 Å². The number of carboxylic acids is 2. The van der Waals surface area contributed by atoms with Gasteiger partial charge in [-0.05, 0) is 56.7 Å². The van der Waals surface area contributed by atoms with E-state index in [1.165, 1.54) is 51.0 Å². The Morgan fingerprint density at radius 3 is 1.61 bits per heavy atom. The highest BCUT2D eigenvalue weighted by Gasteiger charge is 2.38. The molecule has 2 fully saturated rings. The summed E-state index contributed by atoms with van der Waals surface area (Å²) in [6.45, 7) is 6.99. The molecule has 0 saturated carbocycles. The Balaban J connectivity index is 0.000000383. The fourth-order valence-corrected chi connectivity index (χ4v) is 3.86. The lowest BCUT2D eigenvalue weighted by Gasteiger charge is -2.31. The van der Waals surface area contributed by atoms with Gasteiger partial charge in [-0.15, -0.1) is 0 Å². The van der Waals surface area contributed by atoms with Crippen molar-refractivity contribution < 1.29 is 51.3 Å². The highest BCUT2D eigenvalue weighted by Crippen LogP contribution is 2.27. The van der Waals surface area contributed by atoms with Crippen LogP contribution in [0.25, 0.3) is 0 Å². The number of alkyl halides is 6. The summed E-state index contributed by atoms with van der Waals surface area (Å²) in [5.41, 5.74) is 1.52. The van der Waals surface area contributed by atoms with Crippen LogP contribution in [0.4, 0.5) is 26.3 Å². The van der Waals surface area contributed by atoms with Gasteiger partial charge in [0.2, 0.25) is 0 Å². The number of piperidine rings is 1. The van der Waals surface area contributed by atoms with Gasteiger partial charge in [0.25, 0.3) is 0 Å². The first-order valence-corrected chi connectivity index (χ1v) is 11.5. The van der Waals surface area contributed by atoms with Crippen LogP contribution in [0.15, 0.2) is 30.3 Å². The Morgan fingerprint density at radius 2 is 1.17 bits per heavy atom. The number of aliphatic hydroxyl groups is 1. The molecular formula is C23H32F6N2O5. The first-order valence-electron chi connectivity index (χ1n) is 11.5. The van der Waals surface area contributed by atoms with Crippen molar-refractivity contribution in [3.8, 4) is 0 Å². The van der Waals surface area contributed by atoms with E-state index in [1.807, 2.05) is 0 Å². The van der Waals surface area contributed by atoms with Gasteiger partial charge in [0.15, 0.2) is 0 Å². The maximum absolute atomic E-state index is 10.6. The minimum Gasteiger partial charge on any atom is -0.475 e. The van der Waals surface area contributed by atoms with Crippen LogP contribution in [0.5, 0.6) is 0 Å². The number of benzene rings is 1. The molecule has 3 rings (SSSR count). The number of hydrogen-bond donors (Lipinski definition) is 3. The Morgan fingerprint density at radius 1 is 0.750 bits per heavy atom. The number of aliphatic hydroxyl groups excluding tert-OH is 1. The number of hydrogen-bond acceptors (Lipinski definition) is 5. The van der Waals surface area contributed by atoms with Gasteiger partial charge in [-0.1, -0.05) is 30.3 Å². The number of halogens is 6. The van der Waals surface area contributed by atoms with Crippen LogP contribution in [0, 0.1) is 0 Å². The highest BCUT2D eigenvalue weighted by molar-refractivity contribution is 5.73. The van der Waals surface area contributed by atoms with Gasteiger partial charge < -0.3 is 25.1 Å². The van der Waals surface area contributed by atoms with E-state index in [4.69, 9.17) is 19.8 Å². The van der Waals surface area contributed by atoms with E-state index in [9.17, 15) is 31.4 Å². The van der Waals surface area contributed by atoms with E-state index in [1.54, 1.807) is 0 Å². The third-order valence-corrected chi connectivity index (χ3v) is 5.87. The van der Waals surface area contributed by atoms with Crippen molar-refractivity contribution in [2.24, 2.45) is 0 Å². The van der Waals surface area contributed by atoms with E-state index < -0.39 is 24.3 Å². The average molecular weight is 531 g/mol. The molecule has 0 radical (unpaired) electrons. The third-order valence-electron chi connectivity index (χ3n) is 5.87. The predicted octanol–water partition coefficient (Wildman–Crippen LogP) is 3.98. The lowest BCUT2D eigenvalue weighted by atomic mass is 9.92. The van der Waals surface area contributed by atoms with Gasteiger partial charge in [0, 0.05) is 26.2 Å². The lowest BCUT2D eigenvalue weighted by Crippen LogP contribution is -2.41. The van der Waals surface area contributed by atoms with Crippen molar-refractivity contribution in [2.45, 2.75) is 56.5 Å². The molecular weight excluding hydrogens is 498 g/mol. The van der Waals surface area contributed by atoms with E-state index in [2.05, 4.69) is 40.1 Å². The van der Waals surface area contributed by atoms with Crippen LogP contribution in [0.3, 0.4) is 0 Å². The second-order valence-electron chi connectivity index (χ2n) is 8.56. The molecule has 0 amide bonds. The summed E-state index contributed by atoms with van der Waals surface area (Å²) in [5, 5.41) is 23.8. The maximum Gasteiger partial charge on any atom is 0.490 e. The van der Waals surface area contributed by atoms with Crippen LogP contribution < -0.4 is 0 Å². The van der Waals surface area contributed by atoms with Crippen molar-refractivity contribution >= 4 is 11.9 Å². The Hall–Kier alpha value is -2.38. The summed E-state index contributed by atoms with van der Waals surface area (Å²) in [7, 11) is 0. The molecule has 36 heavy (non-hydrogen) atoms. The minimum absolute atomic E-state index is 0.0546. The van der Waals surface area contributed by atoms with Gasteiger partial charge in [-0.2, -0.15) is 26.3 Å². The van der Waals surface area contributed by atoms with Gasteiger partial charge in [0.05, 0.1) is 6.10 Å². The molecule has 13 heteroatoms. The quantitative estimate of drug-likeness (QED) is 0.507. The smallest absolute Gasteiger partial charge is 0.475 e. The summed E-state index contributed by atoms with van der Waals surface area (Å²) >= 11 is 0. The molecule has 206 valence electrons. The first kappa shape index (κ1) is 31.6. The molecule has 1 aromatic rings. The zero-order valence-electron chi connectivity index (χ0n) is 19.6. The lowest BCUT2D eigenvalue weighted by molar-refractivity contribution is -0.193. The SMILES string of the molecule is O=C(O)C(F)(F)F.O=C(O)C(F)(F)F.OC1CCN(CCN2CCCC(c3ccccc3)CC2)CC1. The standard InChI is InChI=1S/C19H30N2O.2C2HF3O2/c22-19-9-13-21(14-10-19)16-15-20-11-4-7-18(8-12-20)17-5-2-1-3-6-17;2*3-2(4,5)1(6)7/h1-3,5-6,18-19,22H,4,7-16H2;2*(H,6,7). The number of rotatable bonds is 4. The molecule has 2 heterocycles.